The molecule has 14 heteroatoms. The fourth-order valence-corrected chi connectivity index (χ4v) is 8.56. The summed E-state index contributed by atoms with van der Waals surface area (Å²) in [5, 5.41) is 16.7. The van der Waals surface area contributed by atoms with E-state index in [2.05, 4.69) is 31.5 Å². The van der Waals surface area contributed by atoms with Crippen molar-refractivity contribution in [2.45, 2.75) is 62.8 Å². The van der Waals surface area contributed by atoms with Gasteiger partial charge in [0.05, 0.1) is 11.5 Å². The first-order valence-corrected chi connectivity index (χ1v) is 17.5. The SMILES string of the molecule is O=C(C(Cc1ccc(C(F)(F)F)c(Br)c1)[C@H]1CC(N2CCc3ccccc3NC2=O)CCN1C(=O)O)N1CCC(N2CCNCC2)CC1. The van der Waals surface area contributed by atoms with Gasteiger partial charge in [-0.05, 0) is 67.9 Å². The number of hydrogen-bond acceptors (Lipinski definition) is 5. The van der Waals surface area contributed by atoms with E-state index < -0.39 is 29.8 Å². The number of fused-ring (bicyclic) bond motifs is 1. The normalized spacial score (nSPS) is 23.7. The molecule has 0 bridgehead atoms. The average Bonchev–Trinajstić information content (AvgIpc) is 3.24. The number of likely N-dealkylation sites (tertiary alicyclic amines) is 2. The molecule has 4 heterocycles. The van der Waals surface area contributed by atoms with Crippen molar-refractivity contribution in [1.82, 2.24) is 24.9 Å². The number of amides is 4. The summed E-state index contributed by atoms with van der Waals surface area (Å²) in [6.07, 6.45) is -2.76. The van der Waals surface area contributed by atoms with Crippen LogP contribution in [0.25, 0.3) is 0 Å². The van der Waals surface area contributed by atoms with Crippen LogP contribution in [0.4, 0.5) is 28.4 Å². The van der Waals surface area contributed by atoms with E-state index in [1.807, 2.05) is 24.3 Å². The van der Waals surface area contributed by atoms with Crippen LogP contribution in [0.3, 0.4) is 0 Å². The van der Waals surface area contributed by atoms with Crippen LogP contribution in [0, 0.1) is 5.92 Å². The number of carbonyl (C=O) groups is 3. The number of alkyl halides is 3. The number of carboxylic acid groups (broad SMARTS) is 1. The zero-order chi connectivity index (χ0) is 34.0. The van der Waals surface area contributed by atoms with Crippen LogP contribution in [0.5, 0.6) is 0 Å². The van der Waals surface area contributed by atoms with Gasteiger partial charge in [-0.2, -0.15) is 13.2 Å². The maximum atomic E-state index is 14.5. The summed E-state index contributed by atoms with van der Waals surface area (Å²) < 4.78 is 40.6. The number of hydrogen-bond donors (Lipinski definition) is 3. The molecule has 10 nitrogen and oxygen atoms in total. The monoisotopic (exact) mass is 734 g/mol. The third kappa shape index (κ3) is 7.60. The maximum absolute atomic E-state index is 14.5. The number of nitrogens with one attached hydrogen (secondary N) is 2. The Hall–Kier alpha value is -3.36. The van der Waals surface area contributed by atoms with Crippen molar-refractivity contribution in [2.75, 3.05) is 57.7 Å². The summed E-state index contributed by atoms with van der Waals surface area (Å²) in [6.45, 7) is 5.39. The Morgan fingerprint density at radius 3 is 2.35 bits per heavy atom. The van der Waals surface area contributed by atoms with Gasteiger partial charge in [0.25, 0.3) is 0 Å². The lowest BCUT2D eigenvalue weighted by Gasteiger charge is -2.46. The quantitative estimate of drug-likeness (QED) is 0.381. The minimum absolute atomic E-state index is 0.0616. The van der Waals surface area contributed by atoms with E-state index in [0.29, 0.717) is 44.1 Å². The Labute approximate surface area is 286 Å². The molecule has 0 spiro atoms. The zero-order valence-corrected chi connectivity index (χ0v) is 28.3. The lowest BCUT2D eigenvalue weighted by atomic mass is 9.82. The van der Waals surface area contributed by atoms with E-state index in [1.165, 1.54) is 17.0 Å². The van der Waals surface area contributed by atoms with E-state index in [9.17, 15) is 32.7 Å². The molecular formula is C34H42BrF3N6O4. The number of piperazine rings is 1. The predicted octanol–water partition coefficient (Wildman–Crippen LogP) is 5.12. The van der Waals surface area contributed by atoms with Gasteiger partial charge in [0.2, 0.25) is 5.91 Å². The zero-order valence-electron chi connectivity index (χ0n) is 26.7. The van der Waals surface area contributed by atoms with Gasteiger partial charge in [-0.1, -0.05) is 40.2 Å². The van der Waals surface area contributed by atoms with Gasteiger partial charge in [0.15, 0.2) is 0 Å². The van der Waals surface area contributed by atoms with Crippen molar-refractivity contribution in [3.05, 3.63) is 63.6 Å². The summed E-state index contributed by atoms with van der Waals surface area (Å²) in [6, 6.07) is 10.3. The molecule has 2 aromatic carbocycles. The Morgan fingerprint density at radius 2 is 1.67 bits per heavy atom. The largest absolute Gasteiger partial charge is 0.465 e. The van der Waals surface area contributed by atoms with E-state index >= 15 is 0 Å². The lowest BCUT2D eigenvalue weighted by Crippen LogP contribution is -2.59. The minimum Gasteiger partial charge on any atom is -0.465 e. The first-order chi connectivity index (χ1) is 23.0. The van der Waals surface area contributed by atoms with Crippen LogP contribution in [-0.4, -0.2) is 113 Å². The third-order valence-electron chi connectivity index (χ3n) is 10.5. The molecule has 0 saturated carbocycles. The molecule has 260 valence electrons. The van der Waals surface area contributed by atoms with Crippen molar-refractivity contribution < 1.29 is 32.7 Å². The van der Waals surface area contributed by atoms with Gasteiger partial charge in [-0.3, -0.25) is 9.69 Å². The first kappa shape index (κ1) is 34.5. The number of rotatable bonds is 6. The fourth-order valence-electron chi connectivity index (χ4n) is 7.91. The van der Waals surface area contributed by atoms with Crippen molar-refractivity contribution >= 4 is 39.6 Å². The number of carbonyl (C=O) groups excluding carboxylic acids is 2. The van der Waals surface area contributed by atoms with Crippen molar-refractivity contribution in [2.24, 2.45) is 5.92 Å². The third-order valence-corrected chi connectivity index (χ3v) is 11.1. The first-order valence-electron chi connectivity index (χ1n) is 16.7. The molecule has 48 heavy (non-hydrogen) atoms. The highest BCUT2D eigenvalue weighted by Gasteiger charge is 2.44. The molecular weight excluding hydrogens is 693 g/mol. The van der Waals surface area contributed by atoms with Crippen LogP contribution >= 0.6 is 15.9 Å². The summed E-state index contributed by atoms with van der Waals surface area (Å²) in [4.78, 5) is 48.0. The van der Waals surface area contributed by atoms with Gasteiger partial charge < -0.3 is 30.4 Å². The molecule has 2 aromatic rings. The standard InChI is InChI=1S/C34H42BrF3N6O4/c35-28-20-22(5-6-27(28)34(36,37)38)19-26(31(45)42-13-8-24(9-14-42)41-17-11-39-12-18-41)30-21-25(10-16-44(30)33(47)48)43-15-7-23-3-1-2-4-29(23)40-32(43)46/h1-6,20,24-26,30,39H,7-19,21H2,(H,40,46)(H,47,48)/t25?,26?,30-/m1/s1. The number of anilines is 1. The molecule has 3 atom stereocenters. The molecule has 0 aromatic heterocycles. The molecule has 6 rings (SSSR count). The fraction of sp³-hybridized carbons (Fsp3) is 0.559. The van der Waals surface area contributed by atoms with E-state index in [4.69, 9.17) is 0 Å². The predicted molar refractivity (Wildman–Crippen MR) is 178 cm³/mol. The second kappa shape index (κ2) is 14.6. The second-order valence-electron chi connectivity index (χ2n) is 13.2. The van der Waals surface area contributed by atoms with E-state index in [1.54, 1.807) is 9.80 Å². The molecule has 0 aliphatic carbocycles. The smallest absolute Gasteiger partial charge is 0.417 e. The lowest BCUT2D eigenvalue weighted by molar-refractivity contribution is -0.140. The molecule has 3 saturated heterocycles. The van der Waals surface area contributed by atoms with Gasteiger partial charge in [0.1, 0.15) is 0 Å². The maximum Gasteiger partial charge on any atom is 0.417 e. The molecule has 0 radical (unpaired) electrons. The molecule has 3 N–H and O–H groups in total. The average molecular weight is 736 g/mol. The minimum atomic E-state index is -4.55. The highest BCUT2D eigenvalue weighted by molar-refractivity contribution is 9.10. The molecule has 4 amide bonds. The number of halogens is 4. The number of urea groups is 1. The Kier molecular flexibility index (Phi) is 10.5. The highest BCUT2D eigenvalue weighted by atomic mass is 79.9. The molecule has 2 unspecified atom stereocenters. The summed E-state index contributed by atoms with van der Waals surface area (Å²) in [5.74, 6) is -1.05. The topological polar surface area (TPSA) is 108 Å². The van der Waals surface area contributed by atoms with Crippen LogP contribution in [0.2, 0.25) is 0 Å². The van der Waals surface area contributed by atoms with Gasteiger partial charge >= 0.3 is 18.3 Å². The summed E-state index contributed by atoms with van der Waals surface area (Å²) in [7, 11) is 0. The Morgan fingerprint density at radius 1 is 0.958 bits per heavy atom. The van der Waals surface area contributed by atoms with Crippen molar-refractivity contribution in [3.63, 3.8) is 0 Å². The van der Waals surface area contributed by atoms with E-state index in [-0.39, 0.29) is 41.8 Å². The number of piperidine rings is 2. The highest BCUT2D eigenvalue weighted by Crippen LogP contribution is 2.37. The summed E-state index contributed by atoms with van der Waals surface area (Å²) >= 11 is 3.07. The Balaban J connectivity index is 1.27. The van der Waals surface area contributed by atoms with Gasteiger partial charge in [0, 0.05) is 80.6 Å². The van der Waals surface area contributed by atoms with Crippen LogP contribution in [-0.2, 0) is 23.8 Å². The van der Waals surface area contributed by atoms with Crippen molar-refractivity contribution in [3.8, 4) is 0 Å². The Bertz CT molecular complexity index is 1500. The van der Waals surface area contributed by atoms with Crippen LogP contribution < -0.4 is 10.6 Å². The number of benzene rings is 2. The van der Waals surface area contributed by atoms with Gasteiger partial charge in [-0.25, -0.2) is 9.59 Å². The summed E-state index contributed by atoms with van der Waals surface area (Å²) in [5.41, 5.74) is 1.44. The van der Waals surface area contributed by atoms with E-state index in [0.717, 1.165) is 56.3 Å². The molecule has 4 aliphatic rings. The van der Waals surface area contributed by atoms with Crippen LogP contribution in [0.1, 0.15) is 42.4 Å². The van der Waals surface area contributed by atoms with Gasteiger partial charge in [-0.15, -0.1) is 0 Å². The number of nitrogens with zero attached hydrogens (tertiary/aromatic N) is 4. The number of para-hydroxylation sites is 1. The molecule has 3 fully saturated rings. The van der Waals surface area contributed by atoms with Crippen molar-refractivity contribution in [1.29, 1.82) is 0 Å². The second-order valence-corrected chi connectivity index (χ2v) is 14.1. The molecule has 4 aliphatic heterocycles. The van der Waals surface area contributed by atoms with Crippen LogP contribution in [0.15, 0.2) is 46.9 Å².